The summed E-state index contributed by atoms with van der Waals surface area (Å²) in [4.78, 5) is 18.5. The van der Waals surface area contributed by atoms with Crippen LogP contribution in [-0.4, -0.2) is 15.9 Å². The molecule has 62 valence electrons. The number of halogens is 1. The van der Waals surface area contributed by atoms with Gasteiger partial charge in [0.05, 0.1) is 0 Å². The van der Waals surface area contributed by atoms with Gasteiger partial charge < -0.3 is 10.7 Å². The lowest BCUT2D eigenvalue weighted by Crippen LogP contribution is -2.10. The summed E-state index contributed by atoms with van der Waals surface area (Å²) in [6, 6.07) is 1.64. The molecular formula is C6H4BrN3OS. The third-order valence-electron chi connectivity index (χ3n) is 1.42. The summed E-state index contributed by atoms with van der Waals surface area (Å²) >= 11 is 4.67. The minimum atomic E-state index is -0.462. The molecule has 2 heterocycles. The molecule has 6 heteroatoms. The average Bonchev–Trinajstić information content (AvgIpc) is 2.42. The molecule has 0 saturated carbocycles. The van der Waals surface area contributed by atoms with Crippen LogP contribution in [-0.2, 0) is 0 Å². The molecule has 4 nitrogen and oxygen atoms in total. The Hall–Kier alpha value is -0.880. The lowest BCUT2D eigenvalue weighted by Gasteiger charge is -1.84. The number of nitrogens with one attached hydrogen (secondary N) is 1. The highest BCUT2D eigenvalue weighted by Gasteiger charge is 2.08. The van der Waals surface area contributed by atoms with E-state index in [1.54, 1.807) is 6.07 Å². The maximum atomic E-state index is 10.7. The molecule has 1 amide bonds. The first-order valence-electron chi connectivity index (χ1n) is 3.11. The molecule has 3 N–H and O–H groups in total. The average molecular weight is 246 g/mol. The summed E-state index contributed by atoms with van der Waals surface area (Å²) in [7, 11) is 0. The quantitative estimate of drug-likeness (QED) is 0.799. The minimum Gasteiger partial charge on any atom is -0.364 e. The highest BCUT2D eigenvalue weighted by molar-refractivity contribution is 9.11. The molecule has 0 fully saturated rings. The van der Waals surface area contributed by atoms with Gasteiger partial charge in [0.25, 0.3) is 5.91 Å². The molecule has 0 unspecified atom stereocenters. The Labute approximate surface area is 79.9 Å². The molecule has 2 aromatic heterocycles. The van der Waals surface area contributed by atoms with E-state index in [1.807, 2.05) is 0 Å². The van der Waals surface area contributed by atoms with Crippen molar-refractivity contribution in [2.75, 3.05) is 0 Å². The predicted octanol–water partition coefficient (Wildman–Crippen LogP) is 1.49. The molecular weight excluding hydrogens is 242 g/mol. The molecule has 2 aromatic rings. The predicted molar refractivity (Wildman–Crippen MR) is 50.2 cm³/mol. The van der Waals surface area contributed by atoms with Gasteiger partial charge in [-0.05, 0) is 22.0 Å². The highest BCUT2D eigenvalue weighted by atomic mass is 79.9. The van der Waals surface area contributed by atoms with E-state index >= 15 is 0 Å². The lowest BCUT2D eigenvalue weighted by atomic mass is 10.4. The number of primary amides is 1. The number of H-pyrrole nitrogens is 1. The van der Waals surface area contributed by atoms with E-state index in [-0.39, 0.29) is 0 Å². The fourth-order valence-electron chi connectivity index (χ4n) is 0.920. The van der Waals surface area contributed by atoms with Gasteiger partial charge in [0.1, 0.15) is 16.0 Å². The third-order valence-corrected chi connectivity index (χ3v) is 2.86. The fourth-order valence-corrected chi connectivity index (χ4v) is 2.28. The second-order valence-corrected chi connectivity index (χ2v) is 4.50. The van der Waals surface area contributed by atoms with Crippen molar-refractivity contribution < 1.29 is 4.79 Å². The van der Waals surface area contributed by atoms with E-state index in [0.29, 0.717) is 5.69 Å². The van der Waals surface area contributed by atoms with E-state index in [2.05, 4.69) is 25.9 Å². The van der Waals surface area contributed by atoms with Crippen LogP contribution in [0.15, 0.2) is 9.98 Å². The number of carbonyl (C=O) groups is 1. The van der Waals surface area contributed by atoms with Crippen molar-refractivity contribution in [3.63, 3.8) is 0 Å². The van der Waals surface area contributed by atoms with Crippen molar-refractivity contribution in [1.29, 1.82) is 0 Å². The molecule has 0 bridgehead atoms. The molecule has 0 spiro atoms. The minimum absolute atomic E-state index is 0.399. The van der Waals surface area contributed by atoms with Gasteiger partial charge in [0, 0.05) is 0 Å². The second-order valence-electron chi connectivity index (χ2n) is 2.23. The van der Waals surface area contributed by atoms with E-state index in [1.165, 1.54) is 11.3 Å². The Morgan fingerprint density at radius 1 is 1.75 bits per heavy atom. The molecule has 0 saturated heterocycles. The van der Waals surface area contributed by atoms with E-state index < -0.39 is 5.91 Å². The first-order chi connectivity index (χ1) is 5.66. The van der Waals surface area contributed by atoms with Gasteiger partial charge in [-0.1, -0.05) is 11.3 Å². The van der Waals surface area contributed by atoms with Gasteiger partial charge in [-0.3, -0.25) is 4.79 Å². The standard InChI is InChI=1S/C6H4BrN3OS/c7-6-10-3-1-2(4(8)11)9-5(3)12-6/h1,9H,(H2,8,11). The van der Waals surface area contributed by atoms with E-state index in [9.17, 15) is 4.79 Å². The molecule has 0 atom stereocenters. The maximum absolute atomic E-state index is 10.7. The normalized spacial score (nSPS) is 10.8. The van der Waals surface area contributed by atoms with Crippen molar-refractivity contribution in [2.45, 2.75) is 0 Å². The summed E-state index contributed by atoms with van der Waals surface area (Å²) in [6.45, 7) is 0. The number of amides is 1. The van der Waals surface area contributed by atoms with Crippen molar-refractivity contribution in [1.82, 2.24) is 9.97 Å². The van der Waals surface area contributed by atoms with Crippen molar-refractivity contribution in [3.05, 3.63) is 15.7 Å². The van der Waals surface area contributed by atoms with Crippen LogP contribution >= 0.6 is 27.3 Å². The molecule has 12 heavy (non-hydrogen) atoms. The van der Waals surface area contributed by atoms with E-state index in [0.717, 1.165) is 14.3 Å². The number of aromatic nitrogens is 2. The smallest absolute Gasteiger partial charge is 0.265 e. The topological polar surface area (TPSA) is 71.8 Å². The zero-order valence-electron chi connectivity index (χ0n) is 5.80. The second kappa shape index (κ2) is 2.56. The number of hydrogen-bond acceptors (Lipinski definition) is 3. The number of fused-ring (bicyclic) bond motifs is 1. The van der Waals surface area contributed by atoms with Crippen molar-refractivity contribution in [2.24, 2.45) is 5.73 Å². The molecule has 2 rings (SSSR count). The first-order valence-corrected chi connectivity index (χ1v) is 4.72. The van der Waals surface area contributed by atoms with Gasteiger partial charge in [0.2, 0.25) is 0 Å². The number of nitrogens with zero attached hydrogens (tertiary/aromatic N) is 1. The fraction of sp³-hybridized carbons (Fsp3) is 0. The van der Waals surface area contributed by atoms with Crippen molar-refractivity contribution >= 4 is 43.5 Å². The van der Waals surface area contributed by atoms with Crippen LogP contribution in [0.4, 0.5) is 0 Å². The summed E-state index contributed by atoms with van der Waals surface area (Å²) in [5, 5.41) is 0. The Kier molecular flexibility index (Phi) is 1.66. The number of rotatable bonds is 1. The monoisotopic (exact) mass is 245 g/mol. The van der Waals surface area contributed by atoms with Gasteiger partial charge in [-0.15, -0.1) is 0 Å². The zero-order chi connectivity index (χ0) is 8.72. The number of nitrogens with two attached hydrogens (primary N) is 1. The Morgan fingerprint density at radius 3 is 3.08 bits per heavy atom. The van der Waals surface area contributed by atoms with Crippen LogP contribution in [0.1, 0.15) is 10.5 Å². The Balaban J connectivity index is 2.64. The number of hydrogen-bond donors (Lipinski definition) is 2. The first kappa shape index (κ1) is 7.75. The SMILES string of the molecule is NC(=O)c1cc2nc(Br)sc2[nH]1. The number of thiazole rings is 1. The largest absolute Gasteiger partial charge is 0.364 e. The zero-order valence-corrected chi connectivity index (χ0v) is 8.20. The molecule has 0 radical (unpaired) electrons. The lowest BCUT2D eigenvalue weighted by molar-refractivity contribution is 0.0996. The van der Waals surface area contributed by atoms with Crippen LogP contribution in [0.25, 0.3) is 10.3 Å². The van der Waals surface area contributed by atoms with Crippen LogP contribution in [0, 0.1) is 0 Å². The summed E-state index contributed by atoms with van der Waals surface area (Å²) in [5.41, 5.74) is 6.23. The van der Waals surface area contributed by atoms with Gasteiger partial charge in [-0.25, -0.2) is 4.98 Å². The summed E-state index contributed by atoms with van der Waals surface area (Å²) in [5.74, 6) is -0.462. The van der Waals surface area contributed by atoms with Crippen LogP contribution in [0.3, 0.4) is 0 Å². The van der Waals surface area contributed by atoms with E-state index in [4.69, 9.17) is 5.73 Å². The van der Waals surface area contributed by atoms with Crippen LogP contribution < -0.4 is 5.73 Å². The highest BCUT2D eigenvalue weighted by Crippen LogP contribution is 2.25. The van der Waals surface area contributed by atoms with Gasteiger partial charge in [0.15, 0.2) is 3.92 Å². The van der Waals surface area contributed by atoms with Gasteiger partial charge >= 0.3 is 0 Å². The number of carbonyl (C=O) groups excluding carboxylic acids is 1. The maximum Gasteiger partial charge on any atom is 0.265 e. The molecule has 0 aliphatic carbocycles. The van der Waals surface area contributed by atoms with Crippen molar-refractivity contribution in [3.8, 4) is 0 Å². The summed E-state index contributed by atoms with van der Waals surface area (Å²) in [6.07, 6.45) is 0. The summed E-state index contributed by atoms with van der Waals surface area (Å²) < 4.78 is 0.791. The van der Waals surface area contributed by atoms with Gasteiger partial charge in [-0.2, -0.15) is 0 Å². The third kappa shape index (κ3) is 1.12. The molecule has 0 aliphatic heterocycles. The van der Waals surface area contributed by atoms with Crippen LogP contribution in [0.2, 0.25) is 0 Å². The molecule has 0 aromatic carbocycles. The number of aromatic amines is 1. The molecule has 0 aliphatic rings. The Bertz CT molecular complexity index is 415. The van der Waals surface area contributed by atoms with Crippen LogP contribution in [0.5, 0.6) is 0 Å². The Morgan fingerprint density at radius 2 is 2.50 bits per heavy atom.